The average molecular weight is 333 g/mol. The highest BCUT2D eigenvalue weighted by Crippen LogP contribution is 2.39. The quantitative estimate of drug-likeness (QED) is 0.626. The van der Waals surface area contributed by atoms with E-state index in [1.54, 1.807) is 0 Å². The average Bonchev–Trinajstić information content (AvgIpc) is 2.37. The molecule has 0 radical (unpaired) electrons. The smallest absolute Gasteiger partial charge is 0.494 e. The van der Waals surface area contributed by atoms with Crippen molar-refractivity contribution in [3.05, 3.63) is 17.5 Å². The lowest BCUT2D eigenvalue weighted by Crippen LogP contribution is -2.21. The van der Waals surface area contributed by atoms with Gasteiger partial charge in [0.25, 0.3) is 0 Å². The Balaban J connectivity index is 3.43. The Bertz CT molecular complexity index is 555. The topological polar surface area (TPSA) is 57.7 Å². The summed E-state index contributed by atoms with van der Waals surface area (Å²) in [5.41, 5.74) is -2.46. The second-order valence-corrected chi connectivity index (χ2v) is 3.78. The summed E-state index contributed by atoms with van der Waals surface area (Å²) in [6.07, 6.45) is -11.1. The van der Waals surface area contributed by atoms with Crippen LogP contribution in [0.25, 0.3) is 0 Å². The summed E-state index contributed by atoms with van der Waals surface area (Å²) in [6.45, 7) is 0. The van der Waals surface area contributed by atoms with E-state index in [4.69, 9.17) is 0 Å². The van der Waals surface area contributed by atoms with Gasteiger partial charge in [-0.1, -0.05) is 0 Å². The molecule has 1 heterocycles. The molecule has 0 N–H and O–H groups in total. The van der Waals surface area contributed by atoms with Gasteiger partial charge in [0, 0.05) is 6.07 Å². The molecule has 0 fully saturated rings. The number of hydrogen-bond donors (Lipinski definition) is 0. The lowest BCUT2D eigenvalue weighted by atomic mass is 10.2. The fraction of sp³-hybridized carbons (Fsp3) is 0.455. The number of ether oxygens (including phenoxy) is 3. The number of aromatic nitrogens is 1. The summed E-state index contributed by atoms with van der Waals surface area (Å²) in [5.74, 6) is -3.14. The summed E-state index contributed by atoms with van der Waals surface area (Å²) in [6, 6.07) is 0.363. The number of halogens is 6. The van der Waals surface area contributed by atoms with Gasteiger partial charge in [-0.25, -0.2) is 4.98 Å². The molecule has 0 aliphatic heterocycles. The molecule has 0 atom stereocenters. The van der Waals surface area contributed by atoms with E-state index >= 15 is 0 Å². The minimum absolute atomic E-state index is 0.363. The van der Waals surface area contributed by atoms with Gasteiger partial charge in [0.05, 0.1) is 26.3 Å². The van der Waals surface area contributed by atoms with Crippen LogP contribution in [0.15, 0.2) is 6.07 Å². The van der Waals surface area contributed by atoms with Crippen LogP contribution in [-0.2, 0) is 22.1 Å². The number of rotatable bonds is 4. The van der Waals surface area contributed by atoms with E-state index in [2.05, 4.69) is 19.2 Å². The van der Waals surface area contributed by atoms with E-state index in [0.717, 1.165) is 14.2 Å². The van der Waals surface area contributed by atoms with Crippen molar-refractivity contribution in [2.45, 2.75) is 19.0 Å². The minimum atomic E-state index is -5.18. The van der Waals surface area contributed by atoms with Crippen molar-refractivity contribution < 1.29 is 45.3 Å². The monoisotopic (exact) mass is 333 g/mol. The molecule has 1 aromatic rings. The van der Waals surface area contributed by atoms with Gasteiger partial charge in [0.15, 0.2) is 17.2 Å². The molecule has 0 aliphatic carbocycles. The van der Waals surface area contributed by atoms with Crippen LogP contribution >= 0.6 is 0 Å². The Morgan fingerprint density at radius 1 is 1.14 bits per heavy atom. The number of alkyl halides is 6. The zero-order valence-corrected chi connectivity index (χ0v) is 11.1. The molecule has 22 heavy (non-hydrogen) atoms. The first-order chi connectivity index (χ1) is 9.97. The molecule has 11 heteroatoms. The number of nitrogens with zero attached hydrogens (tertiary/aromatic N) is 1. The molecule has 0 spiro atoms. The van der Waals surface area contributed by atoms with E-state index in [9.17, 15) is 31.1 Å². The van der Waals surface area contributed by atoms with E-state index < -0.39 is 47.8 Å². The SMILES string of the molecule is COC(=O)Cc1nc(C(F)(F)F)c(OC)cc1OC(F)(F)F. The Morgan fingerprint density at radius 2 is 1.73 bits per heavy atom. The third-order valence-electron chi connectivity index (χ3n) is 2.28. The number of methoxy groups -OCH3 is 2. The number of esters is 1. The summed E-state index contributed by atoms with van der Waals surface area (Å²) < 4.78 is 87.3. The van der Waals surface area contributed by atoms with E-state index in [-0.39, 0.29) is 0 Å². The van der Waals surface area contributed by atoms with Gasteiger partial charge < -0.3 is 14.2 Å². The lowest BCUT2D eigenvalue weighted by Gasteiger charge is -2.17. The standard InChI is InChI=1S/C11H9F6NO4/c1-20-7-4-6(22-11(15,16)17)5(3-8(19)21-2)18-9(7)10(12,13)14/h4H,3H2,1-2H3. The molecule has 0 aromatic carbocycles. The first-order valence-electron chi connectivity index (χ1n) is 5.45. The van der Waals surface area contributed by atoms with Crippen molar-refractivity contribution in [1.82, 2.24) is 4.98 Å². The van der Waals surface area contributed by atoms with Crippen LogP contribution in [0.3, 0.4) is 0 Å². The van der Waals surface area contributed by atoms with Gasteiger partial charge in [0.2, 0.25) is 0 Å². The van der Waals surface area contributed by atoms with Crippen LogP contribution in [-0.4, -0.2) is 31.5 Å². The molecule has 0 aliphatic rings. The lowest BCUT2D eigenvalue weighted by molar-refractivity contribution is -0.275. The zero-order chi connectivity index (χ0) is 17.1. The molecule has 0 amide bonds. The number of carbonyl (C=O) groups is 1. The van der Waals surface area contributed by atoms with Crippen LogP contribution in [0, 0.1) is 0 Å². The Labute approximate surface area is 119 Å². The van der Waals surface area contributed by atoms with Crippen molar-refractivity contribution in [3.63, 3.8) is 0 Å². The minimum Gasteiger partial charge on any atom is -0.494 e. The van der Waals surface area contributed by atoms with Gasteiger partial charge in [-0.3, -0.25) is 4.79 Å². The molecule has 5 nitrogen and oxygen atoms in total. The molecule has 0 bridgehead atoms. The van der Waals surface area contributed by atoms with Crippen LogP contribution in [0.5, 0.6) is 11.5 Å². The van der Waals surface area contributed by atoms with Gasteiger partial charge >= 0.3 is 18.5 Å². The summed E-state index contributed by atoms with van der Waals surface area (Å²) in [4.78, 5) is 14.1. The third kappa shape index (κ3) is 4.67. The molecule has 1 rings (SSSR count). The Hall–Kier alpha value is -2.20. The largest absolute Gasteiger partial charge is 0.573 e. The molecule has 0 saturated carbocycles. The van der Waals surface area contributed by atoms with Crippen molar-refractivity contribution in [3.8, 4) is 11.5 Å². The first-order valence-corrected chi connectivity index (χ1v) is 5.45. The zero-order valence-electron chi connectivity index (χ0n) is 11.1. The second kappa shape index (κ2) is 6.28. The van der Waals surface area contributed by atoms with Crippen molar-refractivity contribution >= 4 is 5.97 Å². The van der Waals surface area contributed by atoms with Crippen LogP contribution in [0.2, 0.25) is 0 Å². The maximum Gasteiger partial charge on any atom is 0.573 e. The fourth-order valence-corrected chi connectivity index (χ4v) is 1.42. The van der Waals surface area contributed by atoms with Crippen molar-refractivity contribution in [2.24, 2.45) is 0 Å². The van der Waals surface area contributed by atoms with Crippen molar-refractivity contribution in [1.29, 1.82) is 0 Å². The summed E-state index contributed by atoms with van der Waals surface area (Å²) >= 11 is 0. The molecular weight excluding hydrogens is 324 g/mol. The van der Waals surface area contributed by atoms with E-state index in [0.29, 0.717) is 6.07 Å². The Kier molecular flexibility index (Phi) is 5.09. The highest BCUT2D eigenvalue weighted by Gasteiger charge is 2.39. The van der Waals surface area contributed by atoms with Gasteiger partial charge in [0.1, 0.15) is 0 Å². The van der Waals surface area contributed by atoms with Gasteiger partial charge in [-0.05, 0) is 0 Å². The highest BCUT2D eigenvalue weighted by molar-refractivity contribution is 5.73. The number of hydrogen-bond acceptors (Lipinski definition) is 5. The van der Waals surface area contributed by atoms with E-state index in [1.807, 2.05) is 0 Å². The molecule has 1 aromatic heterocycles. The van der Waals surface area contributed by atoms with E-state index in [1.165, 1.54) is 0 Å². The van der Waals surface area contributed by atoms with Crippen LogP contribution in [0.4, 0.5) is 26.3 Å². The summed E-state index contributed by atoms with van der Waals surface area (Å²) in [7, 11) is 1.74. The van der Waals surface area contributed by atoms with Crippen LogP contribution in [0.1, 0.15) is 11.4 Å². The first kappa shape index (κ1) is 17.9. The van der Waals surface area contributed by atoms with Crippen molar-refractivity contribution in [2.75, 3.05) is 14.2 Å². The predicted octanol–water partition coefficient (Wildman–Crippen LogP) is 2.72. The highest BCUT2D eigenvalue weighted by atomic mass is 19.4. The third-order valence-corrected chi connectivity index (χ3v) is 2.28. The summed E-state index contributed by atoms with van der Waals surface area (Å²) in [5, 5.41) is 0. The van der Waals surface area contributed by atoms with Gasteiger partial charge in [-0.15, -0.1) is 13.2 Å². The molecule has 0 unspecified atom stereocenters. The maximum atomic E-state index is 12.8. The second-order valence-electron chi connectivity index (χ2n) is 3.78. The molecule has 0 saturated heterocycles. The fourth-order valence-electron chi connectivity index (χ4n) is 1.42. The normalized spacial score (nSPS) is 12.0. The predicted molar refractivity (Wildman–Crippen MR) is 58.2 cm³/mol. The van der Waals surface area contributed by atoms with Crippen LogP contribution < -0.4 is 9.47 Å². The number of pyridine rings is 1. The maximum absolute atomic E-state index is 12.8. The Morgan fingerprint density at radius 3 is 2.14 bits per heavy atom. The molecular formula is C11H9F6NO4. The number of carbonyl (C=O) groups excluding carboxylic acids is 1. The molecule has 124 valence electrons. The van der Waals surface area contributed by atoms with Gasteiger partial charge in [-0.2, -0.15) is 13.2 Å².